The molecule has 2 N–H and O–H groups in total. The van der Waals surface area contributed by atoms with E-state index in [1.54, 1.807) is 0 Å². The maximum absolute atomic E-state index is 12.7. The molecule has 3 rings (SSSR count). The standard InChI is InChI=1S/C21H33F3N6O.HI/c1-2-25-20(28-12-11-27-19-26-10-7-18(29-19)21(22,23)24)30-13-8-17(9-14-30)31-15-16-5-3-4-6-16;/h7,10,16-17H,2-6,8-9,11-15H2,1H3,(H,25,28)(H,26,27,29);1H. The summed E-state index contributed by atoms with van der Waals surface area (Å²) in [5, 5.41) is 6.11. The monoisotopic (exact) mass is 570 g/mol. The molecule has 11 heteroatoms. The lowest BCUT2D eigenvalue weighted by atomic mass is 10.1. The van der Waals surface area contributed by atoms with E-state index in [2.05, 4.69) is 30.5 Å². The molecule has 0 spiro atoms. The summed E-state index contributed by atoms with van der Waals surface area (Å²) in [4.78, 5) is 14.2. The first-order valence-corrected chi connectivity index (χ1v) is 11.2. The summed E-state index contributed by atoms with van der Waals surface area (Å²) < 4.78 is 44.4. The number of halogens is 4. The predicted octanol–water partition coefficient (Wildman–Crippen LogP) is 4.16. The number of hydrogen-bond acceptors (Lipinski definition) is 5. The summed E-state index contributed by atoms with van der Waals surface area (Å²) in [7, 11) is 0. The Kier molecular flexibility index (Phi) is 11.2. The molecule has 32 heavy (non-hydrogen) atoms. The van der Waals surface area contributed by atoms with Gasteiger partial charge in [0.05, 0.1) is 12.6 Å². The van der Waals surface area contributed by atoms with Crippen LogP contribution in [0.4, 0.5) is 19.1 Å². The lowest BCUT2D eigenvalue weighted by Crippen LogP contribution is -2.47. The summed E-state index contributed by atoms with van der Waals surface area (Å²) in [6, 6.07) is 0.855. The molecule has 0 radical (unpaired) electrons. The first-order chi connectivity index (χ1) is 15.0. The van der Waals surface area contributed by atoms with Crippen molar-refractivity contribution in [3.8, 4) is 0 Å². The van der Waals surface area contributed by atoms with Gasteiger partial charge in [0.1, 0.15) is 5.69 Å². The van der Waals surface area contributed by atoms with Crippen LogP contribution in [-0.2, 0) is 10.9 Å². The molecule has 0 amide bonds. The molecule has 2 fully saturated rings. The van der Waals surface area contributed by atoms with Gasteiger partial charge in [-0.3, -0.25) is 4.99 Å². The van der Waals surface area contributed by atoms with E-state index >= 15 is 0 Å². The molecule has 0 aromatic carbocycles. The van der Waals surface area contributed by atoms with Crippen LogP contribution in [0.3, 0.4) is 0 Å². The Morgan fingerprint density at radius 2 is 1.94 bits per heavy atom. The Morgan fingerprint density at radius 1 is 1.22 bits per heavy atom. The van der Waals surface area contributed by atoms with Crippen LogP contribution in [0.15, 0.2) is 17.3 Å². The van der Waals surface area contributed by atoms with Crippen LogP contribution in [0, 0.1) is 5.92 Å². The van der Waals surface area contributed by atoms with Crippen LogP contribution in [0.1, 0.15) is 51.1 Å². The van der Waals surface area contributed by atoms with Crippen molar-refractivity contribution in [2.45, 2.75) is 57.7 Å². The number of alkyl halides is 3. The third-order valence-corrected chi connectivity index (χ3v) is 5.72. The maximum atomic E-state index is 12.7. The first-order valence-electron chi connectivity index (χ1n) is 11.2. The fraction of sp³-hybridized carbons (Fsp3) is 0.762. The highest BCUT2D eigenvalue weighted by molar-refractivity contribution is 14.0. The second kappa shape index (κ2) is 13.4. The lowest BCUT2D eigenvalue weighted by Gasteiger charge is -2.34. The molecule has 1 aliphatic carbocycles. The van der Waals surface area contributed by atoms with Crippen molar-refractivity contribution in [2.75, 3.05) is 44.6 Å². The number of nitrogens with one attached hydrogen (secondary N) is 2. The Bertz CT molecular complexity index is 707. The predicted molar refractivity (Wildman–Crippen MR) is 129 cm³/mol. The molecule has 0 bridgehead atoms. The van der Waals surface area contributed by atoms with Gasteiger partial charge in [0.15, 0.2) is 5.96 Å². The van der Waals surface area contributed by atoms with E-state index in [4.69, 9.17) is 4.74 Å². The lowest BCUT2D eigenvalue weighted by molar-refractivity contribution is -0.141. The number of ether oxygens (including phenoxy) is 1. The SMILES string of the molecule is CCNC(=NCCNc1nccc(C(F)(F)F)n1)N1CCC(OCC2CCCC2)CC1.I. The van der Waals surface area contributed by atoms with Gasteiger partial charge in [0, 0.05) is 39.0 Å². The van der Waals surface area contributed by atoms with Gasteiger partial charge in [-0.1, -0.05) is 12.8 Å². The van der Waals surface area contributed by atoms with Gasteiger partial charge < -0.3 is 20.3 Å². The Balaban J connectivity index is 0.00000363. The van der Waals surface area contributed by atoms with Crippen LogP contribution in [0.2, 0.25) is 0 Å². The molecule has 1 aliphatic heterocycles. The van der Waals surface area contributed by atoms with Gasteiger partial charge in [-0.15, -0.1) is 24.0 Å². The molecular formula is C21H34F3IN6O. The summed E-state index contributed by atoms with van der Waals surface area (Å²) >= 11 is 0. The van der Waals surface area contributed by atoms with Crippen molar-refractivity contribution in [1.29, 1.82) is 0 Å². The molecule has 1 aromatic heterocycles. The van der Waals surface area contributed by atoms with Gasteiger partial charge in [0.25, 0.3) is 0 Å². The van der Waals surface area contributed by atoms with Gasteiger partial charge in [-0.05, 0) is 44.6 Å². The van der Waals surface area contributed by atoms with E-state index in [1.165, 1.54) is 25.7 Å². The largest absolute Gasteiger partial charge is 0.433 e. The van der Waals surface area contributed by atoms with Crippen LogP contribution in [0.5, 0.6) is 0 Å². The Hall–Kier alpha value is -1.37. The highest BCUT2D eigenvalue weighted by Crippen LogP contribution is 2.28. The molecule has 0 unspecified atom stereocenters. The highest BCUT2D eigenvalue weighted by atomic mass is 127. The van der Waals surface area contributed by atoms with E-state index in [0.717, 1.165) is 63.2 Å². The van der Waals surface area contributed by atoms with Crippen molar-refractivity contribution < 1.29 is 17.9 Å². The minimum Gasteiger partial charge on any atom is -0.378 e. The number of anilines is 1. The van der Waals surface area contributed by atoms with Crippen molar-refractivity contribution in [1.82, 2.24) is 20.2 Å². The molecule has 2 aliphatic rings. The van der Waals surface area contributed by atoms with E-state index in [1.807, 2.05) is 6.92 Å². The topological polar surface area (TPSA) is 74.7 Å². The van der Waals surface area contributed by atoms with E-state index in [0.29, 0.717) is 19.2 Å². The minimum absolute atomic E-state index is 0. The second-order valence-electron chi connectivity index (χ2n) is 8.10. The minimum atomic E-state index is -4.48. The van der Waals surface area contributed by atoms with Crippen molar-refractivity contribution in [2.24, 2.45) is 10.9 Å². The average molecular weight is 570 g/mol. The molecule has 182 valence electrons. The number of aromatic nitrogens is 2. The van der Waals surface area contributed by atoms with Crippen molar-refractivity contribution in [3.63, 3.8) is 0 Å². The fourth-order valence-corrected chi connectivity index (χ4v) is 4.04. The summed E-state index contributed by atoms with van der Waals surface area (Å²) in [6.07, 6.45) is 4.17. The number of hydrogen-bond donors (Lipinski definition) is 2. The van der Waals surface area contributed by atoms with Gasteiger partial charge >= 0.3 is 6.18 Å². The molecular weight excluding hydrogens is 536 g/mol. The second-order valence-corrected chi connectivity index (χ2v) is 8.10. The van der Waals surface area contributed by atoms with Gasteiger partial charge in [-0.2, -0.15) is 13.2 Å². The van der Waals surface area contributed by atoms with E-state index in [-0.39, 0.29) is 29.9 Å². The van der Waals surface area contributed by atoms with Gasteiger partial charge in [0.2, 0.25) is 5.95 Å². The quantitative estimate of drug-likeness (QED) is 0.212. The number of likely N-dealkylation sites (tertiary alicyclic amines) is 1. The molecule has 1 aromatic rings. The number of rotatable bonds is 8. The van der Waals surface area contributed by atoms with Crippen LogP contribution in [0.25, 0.3) is 0 Å². The number of aliphatic imine (C=N–C) groups is 1. The maximum Gasteiger partial charge on any atom is 0.433 e. The zero-order valence-corrected chi connectivity index (χ0v) is 20.9. The number of nitrogens with zero attached hydrogens (tertiary/aromatic N) is 4. The average Bonchev–Trinajstić information content (AvgIpc) is 3.28. The summed E-state index contributed by atoms with van der Waals surface area (Å²) in [6.45, 7) is 6.17. The zero-order chi connectivity index (χ0) is 22.1. The Labute approximate surface area is 205 Å². The van der Waals surface area contributed by atoms with E-state index in [9.17, 15) is 13.2 Å². The van der Waals surface area contributed by atoms with Gasteiger partial charge in [-0.25, -0.2) is 9.97 Å². The van der Waals surface area contributed by atoms with E-state index < -0.39 is 11.9 Å². The van der Waals surface area contributed by atoms with Crippen molar-refractivity contribution in [3.05, 3.63) is 18.0 Å². The van der Waals surface area contributed by atoms with Crippen LogP contribution >= 0.6 is 24.0 Å². The summed E-state index contributed by atoms with van der Waals surface area (Å²) in [5.41, 5.74) is -0.958. The van der Waals surface area contributed by atoms with Crippen molar-refractivity contribution >= 4 is 35.9 Å². The zero-order valence-electron chi connectivity index (χ0n) is 18.5. The number of guanidine groups is 1. The normalized spacial score (nSPS) is 18.5. The summed E-state index contributed by atoms with van der Waals surface area (Å²) in [5.74, 6) is 1.52. The molecule has 7 nitrogen and oxygen atoms in total. The fourth-order valence-electron chi connectivity index (χ4n) is 4.04. The molecule has 1 saturated heterocycles. The van der Waals surface area contributed by atoms with Crippen LogP contribution in [-0.4, -0.2) is 66.3 Å². The highest BCUT2D eigenvalue weighted by Gasteiger charge is 2.32. The molecule has 0 atom stereocenters. The third-order valence-electron chi connectivity index (χ3n) is 5.72. The first kappa shape index (κ1) is 26.9. The smallest absolute Gasteiger partial charge is 0.378 e. The van der Waals surface area contributed by atoms with Crippen LogP contribution < -0.4 is 10.6 Å². The molecule has 2 heterocycles. The third kappa shape index (κ3) is 8.53. The number of piperidine rings is 1. The Morgan fingerprint density at radius 3 is 2.59 bits per heavy atom. The molecule has 1 saturated carbocycles.